The number of pyridine rings is 1. The van der Waals surface area contributed by atoms with Gasteiger partial charge < -0.3 is 25.3 Å². The molecule has 2 aromatic heterocycles. The Balaban J connectivity index is 1.38. The largest absolute Gasteiger partial charge is 0.459 e. The Labute approximate surface area is 230 Å². The van der Waals surface area contributed by atoms with E-state index >= 15 is 0 Å². The van der Waals surface area contributed by atoms with Gasteiger partial charge in [-0.3, -0.25) is 5.41 Å². The van der Waals surface area contributed by atoms with Crippen LogP contribution >= 0.6 is 0 Å². The molecule has 0 fully saturated rings. The highest BCUT2D eigenvalue weighted by Crippen LogP contribution is 2.35. The minimum absolute atomic E-state index is 0.365. The van der Waals surface area contributed by atoms with Gasteiger partial charge in [0, 0.05) is 29.9 Å². The second-order valence-corrected chi connectivity index (χ2v) is 9.48. The van der Waals surface area contributed by atoms with Crippen LogP contribution in [0.5, 0.6) is 0 Å². The molecule has 0 unspecified atom stereocenters. The van der Waals surface area contributed by atoms with E-state index in [1.165, 1.54) is 6.07 Å². The number of amidine groups is 1. The lowest BCUT2D eigenvalue weighted by atomic mass is 10.1. The molecular formula is C30H29F3N6O. The Kier molecular flexibility index (Phi) is 7.50. The lowest BCUT2D eigenvalue weighted by Gasteiger charge is -2.26. The summed E-state index contributed by atoms with van der Waals surface area (Å²) in [6.45, 7) is 7.71. The minimum atomic E-state index is -4.43. The van der Waals surface area contributed by atoms with E-state index in [0.717, 1.165) is 47.8 Å². The summed E-state index contributed by atoms with van der Waals surface area (Å²) in [5.41, 5.74) is 2.56. The standard InChI is InChI=1S/C30H29F3N6O/c1-19(34)36-18-25-10-13-28(40-25)22-7-4-9-24(17-22)37-20(2)39-15-5-14-35-27-12-11-26(38-29(27)39)21-6-3-8-23(16-21)30(31,32)33/h3-4,6-13,16-17,35,37H,2,5,14-15,18H2,1H3,(H2,34,36). The lowest BCUT2D eigenvalue weighted by Crippen LogP contribution is -2.28. The van der Waals surface area contributed by atoms with Crippen LogP contribution in [0.3, 0.4) is 0 Å². The molecule has 0 saturated carbocycles. The fourth-order valence-electron chi connectivity index (χ4n) is 4.47. The van der Waals surface area contributed by atoms with Crippen molar-refractivity contribution in [3.8, 4) is 22.6 Å². The van der Waals surface area contributed by atoms with Crippen molar-refractivity contribution in [2.75, 3.05) is 28.6 Å². The number of benzene rings is 2. The molecule has 0 saturated heterocycles. The third kappa shape index (κ3) is 6.12. The average molecular weight is 547 g/mol. The van der Waals surface area contributed by atoms with Crippen LogP contribution in [0.25, 0.3) is 22.6 Å². The maximum atomic E-state index is 13.3. The van der Waals surface area contributed by atoms with Crippen LogP contribution in [0.4, 0.5) is 30.4 Å². The van der Waals surface area contributed by atoms with Gasteiger partial charge in [-0.25, -0.2) is 4.98 Å². The first-order valence-electron chi connectivity index (χ1n) is 12.8. The topological polar surface area (TPSA) is 89.2 Å². The zero-order chi connectivity index (χ0) is 28.3. The van der Waals surface area contributed by atoms with Gasteiger partial charge in [0.25, 0.3) is 0 Å². The zero-order valence-electron chi connectivity index (χ0n) is 21.9. The molecule has 1 aliphatic rings. The van der Waals surface area contributed by atoms with Crippen molar-refractivity contribution < 1.29 is 17.6 Å². The van der Waals surface area contributed by atoms with Crippen LogP contribution in [0.2, 0.25) is 0 Å². The number of furan rings is 1. The van der Waals surface area contributed by atoms with E-state index in [0.29, 0.717) is 47.6 Å². The van der Waals surface area contributed by atoms with Gasteiger partial charge in [-0.2, -0.15) is 13.2 Å². The summed E-state index contributed by atoms with van der Waals surface area (Å²) in [4.78, 5) is 6.71. The number of aromatic nitrogens is 1. The smallest absolute Gasteiger partial charge is 0.416 e. The Morgan fingerprint density at radius 2 is 1.88 bits per heavy atom. The van der Waals surface area contributed by atoms with Crippen LogP contribution in [-0.4, -0.2) is 23.9 Å². The molecule has 0 spiro atoms. The number of nitrogens with one attached hydrogen (secondary N) is 4. The molecule has 0 bridgehead atoms. The minimum Gasteiger partial charge on any atom is -0.459 e. The van der Waals surface area contributed by atoms with Gasteiger partial charge in [0.05, 0.1) is 29.3 Å². The van der Waals surface area contributed by atoms with Gasteiger partial charge in [-0.05, 0) is 61.9 Å². The van der Waals surface area contributed by atoms with Crippen LogP contribution < -0.4 is 20.9 Å². The van der Waals surface area contributed by atoms with E-state index in [1.54, 1.807) is 19.1 Å². The molecule has 10 heteroatoms. The number of fused-ring (bicyclic) bond motifs is 1. The summed E-state index contributed by atoms with van der Waals surface area (Å²) in [5.74, 6) is 2.96. The number of alkyl halides is 3. The highest BCUT2D eigenvalue weighted by Gasteiger charge is 2.30. The SMILES string of the molecule is C=C(Nc1cccc(-c2ccc(CNC(C)=N)o2)c1)N1CCCNc2ccc(-c3cccc(C(F)(F)F)c3)nc21. The highest BCUT2D eigenvalue weighted by atomic mass is 19.4. The van der Waals surface area contributed by atoms with E-state index in [2.05, 4.69) is 22.5 Å². The molecule has 3 heterocycles. The fraction of sp³-hybridized carbons (Fsp3) is 0.200. The summed E-state index contributed by atoms with van der Waals surface area (Å²) >= 11 is 0. The van der Waals surface area contributed by atoms with Crippen LogP contribution in [0.1, 0.15) is 24.7 Å². The molecule has 0 amide bonds. The van der Waals surface area contributed by atoms with Crippen molar-refractivity contribution in [2.24, 2.45) is 0 Å². The maximum Gasteiger partial charge on any atom is 0.416 e. The van der Waals surface area contributed by atoms with Gasteiger partial charge in [0.1, 0.15) is 17.3 Å². The molecule has 206 valence electrons. The van der Waals surface area contributed by atoms with Crippen molar-refractivity contribution in [3.05, 3.63) is 96.5 Å². The van der Waals surface area contributed by atoms with E-state index in [-0.39, 0.29) is 0 Å². The summed E-state index contributed by atoms with van der Waals surface area (Å²) in [6, 6.07) is 20.2. The number of anilines is 3. The Morgan fingerprint density at radius 1 is 1.07 bits per heavy atom. The summed E-state index contributed by atoms with van der Waals surface area (Å²) in [7, 11) is 0. The third-order valence-electron chi connectivity index (χ3n) is 6.44. The first kappa shape index (κ1) is 26.9. The molecular weight excluding hydrogens is 517 g/mol. The second kappa shape index (κ2) is 11.2. The molecule has 4 aromatic rings. The summed E-state index contributed by atoms with van der Waals surface area (Å²) in [6.07, 6.45) is -3.62. The molecule has 7 nitrogen and oxygen atoms in total. The maximum absolute atomic E-state index is 13.3. The van der Waals surface area contributed by atoms with Crippen molar-refractivity contribution in [1.29, 1.82) is 5.41 Å². The van der Waals surface area contributed by atoms with Gasteiger partial charge in [-0.1, -0.05) is 30.8 Å². The molecule has 0 radical (unpaired) electrons. The quantitative estimate of drug-likeness (QED) is 0.144. The van der Waals surface area contributed by atoms with Crippen molar-refractivity contribution >= 4 is 23.0 Å². The number of rotatable bonds is 7. The predicted octanol–water partition coefficient (Wildman–Crippen LogP) is 7.32. The molecule has 0 aliphatic carbocycles. The van der Waals surface area contributed by atoms with Crippen molar-refractivity contribution in [3.63, 3.8) is 0 Å². The second-order valence-electron chi connectivity index (χ2n) is 9.48. The van der Waals surface area contributed by atoms with Crippen molar-refractivity contribution in [1.82, 2.24) is 10.3 Å². The Morgan fingerprint density at radius 3 is 2.67 bits per heavy atom. The molecule has 5 rings (SSSR count). The molecule has 2 aromatic carbocycles. The molecule has 0 atom stereocenters. The van der Waals surface area contributed by atoms with Gasteiger partial charge >= 0.3 is 6.18 Å². The van der Waals surface area contributed by atoms with Gasteiger partial charge in [0.15, 0.2) is 5.82 Å². The Bertz CT molecular complexity index is 1540. The van der Waals surface area contributed by atoms with E-state index in [9.17, 15) is 13.2 Å². The molecule has 1 aliphatic heterocycles. The zero-order valence-corrected chi connectivity index (χ0v) is 21.9. The normalized spacial score (nSPS) is 13.2. The average Bonchev–Trinajstić information content (AvgIpc) is 3.31. The number of nitrogens with zero attached hydrogens (tertiary/aromatic N) is 2. The third-order valence-corrected chi connectivity index (χ3v) is 6.44. The number of hydrogen-bond donors (Lipinski definition) is 4. The monoisotopic (exact) mass is 546 g/mol. The first-order chi connectivity index (χ1) is 19.2. The molecule has 4 N–H and O–H groups in total. The number of halogens is 3. The van der Waals surface area contributed by atoms with Crippen molar-refractivity contribution in [2.45, 2.75) is 26.1 Å². The molecule has 40 heavy (non-hydrogen) atoms. The number of hydrogen-bond acceptors (Lipinski definition) is 6. The summed E-state index contributed by atoms with van der Waals surface area (Å²) in [5, 5.41) is 17.2. The first-order valence-corrected chi connectivity index (χ1v) is 12.8. The van der Waals surface area contributed by atoms with E-state index in [1.807, 2.05) is 47.4 Å². The van der Waals surface area contributed by atoms with Crippen LogP contribution in [0.15, 0.2) is 89.6 Å². The van der Waals surface area contributed by atoms with E-state index in [4.69, 9.17) is 14.8 Å². The fourth-order valence-corrected chi connectivity index (χ4v) is 4.47. The Hall–Kier alpha value is -4.73. The predicted molar refractivity (Wildman–Crippen MR) is 152 cm³/mol. The highest BCUT2D eigenvalue weighted by molar-refractivity contribution is 5.76. The van der Waals surface area contributed by atoms with Crippen LogP contribution in [0, 0.1) is 5.41 Å². The summed E-state index contributed by atoms with van der Waals surface area (Å²) < 4.78 is 45.9. The van der Waals surface area contributed by atoms with Gasteiger partial charge in [-0.15, -0.1) is 0 Å². The lowest BCUT2D eigenvalue weighted by molar-refractivity contribution is -0.137. The van der Waals surface area contributed by atoms with Crippen LogP contribution in [-0.2, 0) is 12.7 Å². The van der Waals surface area contributed by atoms with E-state index < -0.39 is 11.7 Å². The van der Waals surface area contributed by atoms with Gasteiger partial charge in [0.2, 0.25) is 0 Å².